The van der Waals surface area contributed by atoms with Crippen LogP contribution in [0.15, 0.2) is 12.1 Å². The van der Waals surface area contributed by atoms with Crippen LogP contribution >= 0.6 is 11.3 Å². The lowest BCUT2D eigenvalue weighted by molar-refractivity contribution is -0.185. The summed E-state index contributed by atoms with van der Waals surface area (Å²) in [5.41, 5.74) is 5.53. The van der Waals surface area contributed by atoms with Gasteiger partial charge in [-0.05, 0) is 38.1 Å². The molecule has 0 unspecified atom stereocenters. The van der Waals surface area contributed by atoms with E-state index < -0.39 is 12.1 Å². The van der Waals surface area contributed by atoms with E-state index in [1.807, 2.05) is 12.1 Å². The summed E-state index contributed by atoms with van der Waals surface area (Å²) >= 11 is 1.64. The largest absolute Gasteiger partial charge is 0.391 e. The first-order valence-corrected chi connectivity index (χ1v) is 6.87. The topological polar surface area (TPSA) is 29.3 Å². The van der Waals surface area contributed by atoms with Gasteiger partial charge in [-0.25, -0.2) is 0 Å². The van der Waals surface area contributed by atoms with E-state index in [9.17, 15) is 13.2 Å². The fourth-order valence-electron chi connectivity index (χ4n) is 2.26. The molecule has 1 aliphatic rings. The van der Waals surface area contributed by atoms with E-state index in [0.717, 1.165) is 11.4 Å². The summed E-state index contributed by atoms with van der Waals surface area (Å²) in [6, 6.07) is 4.01. The Morgan fingerprint density at radius 1 is 1.22 bits per heavy atom. The standard InChI is InChI=1S/C12H17F3N2S/c13-12(14,15)9-3-5-17(6-4-9)8-11-2-1-10(7-16)18-11/h1-2,9H,3-8,16H2. The van der Waals surface area contributed by atoms with Gasteiger partial charge in [0.2, 0.25) is 0 Å². The van der Waals surface area contributed by atoms with Gasteiger partial charge in [0.15, 0.2) is 0 Å². The monoisotopic (exact) mass is 278 g/mol. The lowest BCUT2D eigenvalue weighted by Gasteiger charge is -2.32. The smallest absolute Gasteiger partial charge is 0.326 e. The molecule has 0 atom stereocenters. The number of rotatable bonds is 3. The van der Waals surface area contributed by atoms with Crippen LogP contribution in [-0.2, 0) is 13.1 Å². The molecule has 1 fully saturated rings. The quantitative estimate of drug-likeness (QED) is 0.921. The van der Waals surface area contributed by atoms with Crippen LogP contribution in [-0.4, -0.2) is 24.2 Å². The van der Waals surface area contributed by atoms with Crippen molar-refractivity contribution in [1.82, 2.24) is 4.90 Å². The predicted molar refractivity (Wildman–Crippen MR) is 66.3 cm³/mol. The third kappa shape index (κ3) is 3.46. The SMILES string of the molecule is NCc1ccc(CN2CCC(C(F)(F)F)CC2)s1. The third-order valence-electron chi connectivity index (χ3n) is 3.35. The molecule has 0 bridgehead atoms. The highest BCUT2D eigenvalue weighted by atomic mass is 32.1. The molecule has 102 valence electrons. The molecule has 2 rings (SSSR count). The summed E-state index contributed by atoms with van der Waals surface area (Å²) in [5, 5.41) is 0. The van der Waals surface area contributed by atoms with Crippen LogP contribution in [0.1, 0.15) is 22.6 Å². The number of nitrogens with two attached hydrogens (primary N) is 1. The Bertz CT molecular complexity index is 381. The van der Waals surface area contributed by atoms with Crippen molar-refractivity contribution < 1.29 is 13.2 Å². The number of piperidine rings is 1. The van der Waals surface area contributed by atoms with Crippen LogP contribution in [0.2, 0.25) is 0 Å². The van der Waals surface area contributed by atoms with E-state index in [4.69, 9.17) is 5.73 Å². The molecule has 0 aromatic carbocycles. The second-order valence-electron chi connectivity index (χ2n) is 4.66. The molecule has 0 aliphatic carbocycles. The summed E-state index contributed by atoms with van der Waals surface area (Å²) in [5.74, 6) is -1.11. The van der Waals surface area contributed by atoms with Gasteiger partial charge in [-0.3, -0.25) is 4.90 Å². The number of nitrogens with zero attached hydrogens (tertiary/aromatic N) is 1. The maximum Gasteiger partial charge on any atom is 0.391 e. The number of hydrogen-bond acceptors (Lipinski definition) is 3. The van der Waals surface area contributed by atoms with E-state index in [2.05, 4.69) is 4.90 Å². The molecule has 0 radical (unpaired) electrons. The minimum Gasteiger partial charge on any atom is -0.326 e. The molecule has 1 aromatic rings. The zero-order chi connectivity index (χ0) is 13.2. The molecule has 0 saturated carbocycles. The van der Waals surface area contributed by atoms with Gasteiger partial charge in [0.05, 0.1) is 5.92 Å². The third-order valence-corrected chi connectivity index (χ3v) is 4.44. The second-order valence-corrected chi connectivity index (χ2v) is 5.92. The van der Waals surface area contributed by atoms with Crippen molar-refractivity contribution in [2.45, 2.75) is 32.1 Å². The first-order valence-electron chi connectivity index (χ1n) is 6.06. The fraction of sp³-hybridized carbons (Fsp3) is 0.667. The highest BCUT2D eigenvalue weighted by molar-refractivity contribution is 7.11. The highest BCUT2D eigenvalue weighted by Crippen LogP contribution is 2.34. The Morgan fingerprint density at radius 3 is 2.33 bits per heavy atom. The fourth-order valence-corrected chi connectivity index (χ4v) is 3.20. The lowest BCUT2D eigenvalue weighted by atomic mass is 9.96. The van der Waals surface area contributed by atoms with Crippen LogP contribution in [0.4, 0.5) is 13.2 Å². The molecule has 6 heteroatoms. The Kier molecular flexibility index (Phi) is 4.29. The van der Waals surface area contributed by atoms with Gasteiger partial charge in [-0.15, -0.1) is 11.3 Å². The average molecular weight is 278 g/mol. The van der Waals surface area contributed by atoms with Crippen LogP contribution in [0.25, 0.3) is 0 Å². The van der Waals surface area contributed by atoms with Crippen LogP contribution in [0, 0.1) is 5.92 Å². The van der Waals surface area contributed by atoms with E-state index in [1.54, 1.807) is 11.3 Å². The molecule has 1 saturated heterocycles. The van der Waals surface area contributed by atoms with Crippen LogP contribution in [0.5, 0.6) is 0 Å². The maximum absolute atomic E-state index is 12.5. The summed E-state index contributed by atoms with van der Waals surface area (Å²) < 4.78 is 37.5. The van der Waals surface area contributed by atoms with Crippen molar-refractivity contribution in [3.8, 4) is 0 Å². The van der Waals surface area contributed by atoms with Gasteiger partial charge >= 0.3 is 6.18 Å². The molecular formula is C12H17F3N2S. The summed E-state index contributed by atoms with van der Waals surface area (Å²) in [6.45, 7) is 2.33. The number of alkyl halides is 3. The van der Waals surface area contributed by atoms with E-state index in [-0.39, 0.29) is 12.8 Å². The summed E-state index contributed by atoms with van der Waals surface area (Å²) in [6.07, 6.45) is -3.58. The lowest BCUT2D eigenvalue weighted by Crippen LogP contribution is -2.38. The average Bonchev–Trinajstić information content (AvgIpc) is 2.76. The van der Waals surface area contributed by atoms with Gasteiger partial charge in [-0.2, -0.15) is 13.2 Å². The van der Waals surface area contributed by atoms with Crippen molar-refractivity contribution >= 4 is 11.3 Å². The Hall–Kier alpha value is -0.590. The minimum atomic E-state index is -4.03. The Labute approximate surface area is 109 Å². The van der Waals surface area contributed by atoms with Crippen LogP contribution < -0.4 is 5.73 Å². The van der Waals surface area contributed by atoms with Crippen molar-refractivity contribution in [2.24, 2.45) is 11.7 Å². The van der Waals surface area contributed by atoms with Crippen molar-refractivity contribution in [3.63, 3.8) is 0 Å². The van der Waals surface area contributed by atoms with E-state index in [0.29, 0.717) is 19.6 Å². The number of halogens is 3. The molecule has 18 heavy (non-hydrogen) atoms. The molecule has 1 aliphatic heterocycles. The predicted octanol–water partition coefficient (Wildman–Crippen LogP) is 2.98. The molecule has 1 aromatic heterocycles. The van der Waals surface area contributed by atoms with Crippen LogP contribution in [0.3, 0.4) is 0 Å². The number of likely N-dealkylation sites (tertiary alicyclic amines) is 1. The van der Waals surface area contributed by atoms with Gasteiger partial charge in [0, 0.05) is 22.8 Å². The maximum atomic E-state index is 12.5. The Balaban J connectivity index is 1.83. The van der Waals surface area contributed by atoms with Gasteiger partial charge in [0.1, 0.15) is 0 Å². The van der Waals surface area contributed by atoms with Crippen molar-refractivity contribution in [3.05, 3.63) is 21.9 Å². The first kappa shape index (κ1) is 13.8. The van der Waals surface area contributed by atoms with Gasteiger partial charge in [-0.1, -0.05) is 0 Å². The van der Waals surface area contributed by atoms with Crippen molar-refractivity contribution in [2.75, 3.05) is 13.1 Å². The summed E-state index contributed by atoms with van der Waals surface area (Å²) in [7, 11) is 0. The zero-order valence-corrected chi connectivity index (χ0v) is 10.9. The molecule has 0 spiro atoms. The minimum absolute atomic E-state index is 0.221. The molecule has 2 heterocycles. The molecular weight excluding hydrogens is 261 g/mol. The van der Waals surface area contributed by atoms with Crippen molar-refractivity contribution in [1.29, 1.82) is 0 Å². The normalized spacial score (nSPS) is 19.3. The van der Waals surface area contributed by atoms with E-state index >= 15 is 0 Å². The Morgan fingerprint density at radius 2 is 1.83 bits per heavy atom. The first-order chi connectivity index (χ1) is 8.49. The molecule has 2 N–H and O–H groups in total. The van der Waals surface area contributed by atoms with Gasteiger partial charge < -0.3 is 5.73 Å². The molecule has 2 nitrogen and oxygen atoms in total. The zero-order valence-electron chi connectivity index (χ0n) is 10.0. The van der Waals surface area contributed by atoms with Gasteiger partial charge in [0.25, 0.3) is 0 Å². The van der Waals surface area contributed by atoms with E-state index in [1.165, 1.54) is 4.88 Å². The summed E-state index contributed by atoms with van der Waals surface area (Å²) in [4.78, 5) is 4.39. The second kappa shape index (κ2) is 5.59. The highest BCUT2D eigenvalue weighted by Gasteiger charge is 2.40. The molecule has 0 amide bonds. The number of thiophene rings is 1. The number of hydrogen-bond donors (Lipinski definition) is 1.